The first-order valence-electron chi connectivity index (χ1n) is 9.06. The summed E-state index contributed by atoms with van der Waals surface area (Å²) in [6.45, 7) is 4.61. The molecule has 1 aliphatic rings. The fourth-order valence-electron chi connectivity index (χ4n) is 3.17. The van der Waals surface area contributed by atoms with Crippen molar-refractivity contribution < 1.29 is 9.32 Å². The summed E-state index contributed by atoms with van der Waals surface area (Å²) in [5, 5.41) is 7.43. The van der Waals surface area contributed by atoms with Crippen molar-refractivity contribution in [1.82, 2.24) is 15.0 Å². The van der Waals surface area contributed by atoms with Gasteiger partial charge in [-0.25, -0.2) is 4.79 Å². The van der Waals surface area contributed by atoms with E-state index in [1.165, 1.54) is 0 Å². The van der Waals surface area contributed by atoms with Crippen LogP contribution in [0, 0.1) is 6.92 Å². The normalized spacial score (nSPS) is 14.2. The molecule has 144 valence electrons. The number of piperazine rings is 1. The first kappa shape index (κ1) is 18.3. The number of aromatic nitrogens is 2. The quantitative estimate of drug-likeness (QED) is 0.721. The number of urea groups is 1. The highest BCUT2D eigenvalue weighted by atomic mass is 35.5. The third kappa shape index (κ3) is 4.09. The van der Waals surface area contributed by atoms with Crippen LogP contribution in [0.1, 0.15) is 5.89 Å². The second-order valence-electron chi connectivity index (χ2n) is 6.60. The van der Waals surface area contributed by atoms with Gasteiger partial charge in [0.2, 0.25) is 11.7 Å². The van der Waals surface area contributed by atoms with Gasteiger partial charge in [-0.2, -0.15) is 4.98 Å². The van der Waals surface area contributed by atoms with Crippen molar-refractivity contribution >= 4 is 29.0 Å². The highest BCUT2D eigenvalue weighted by Crippen LogP contribution is 2.22. The summed E-state index contributed by atoms with van der Waals surface area (Å²) in [7, 11) is 0. The fraction of sp³-hybridized carbons (Fsp3) is 0.250. The van der Waals surface area contributed by atoms with Gasteiger partial charge in [0, 0.05) is 55.1 Å². The molecule has 0 atom stereocenters. The fourth-order valence-corrected chi connectivity index (χ4v) is 3.36. The summed E-state index contributed by atoms with van der Waals surface area (Å²) in [5.74, 6) is 1.14. The van der Waals surface area contributed by atoms with Crippen LogP contribution in [0.5, 0.6) is 0 Å². The number of benzene rings is 2. The summed E-state index contributed by atoms with van der Waals surface area (Å²) in [4.78, 5) is 20.8. The second kappa shape index (κ2) is 7.90. The van der Waals surface area contributed by atoms with E-state index in [2.05, 4.69) is 20.4 Å². The van der Waals surface area contributed by atoms with Crippen molar-refractivity contribution in [2.24, 2.45) is 0 Å². The van der Waals surface area contributed by atoms with Gasteiger partial charge in [0.15, 0.2) is 0 Å². The first-order valence-corrected chi connectivity index (χ1v) is 9.43. The average Bonchev–Trinajstić information content (AvgIpc) is 3.15. The van der Waals surface area contributed by atoms with E-state index in [-0.39, 0.29) is 6.03 Å². The van der Waals surface area contributed by atoms with Crippen LogP contribution in [0.25, 0.3) is 11.4 Å². The van der Waals surface area contributed by atoms with Crippen LogP contribution < -0.4 is 10.2 Å². The van der Waals surface area contributed by atoms with E-state index in [0.29, 0.717) is 35.5 Å². The smallest absolute Gasteiger partial charge is 0.321 e. The number of hydrogen-bond acceptors (Lipinski definition) is 5. The van der Waals surface area contributed by atoms with Crippen molar-refractivity contribution in [3.63, 3.8) is 0 Å². The van der Waals surface area contributed by atoms with Gasteiger partial charge < -0.3 is 19.6 Å². The van der Waals surface area contributed by atoms with Crippen LogP contribution in [0.4, 0.5) is 16.2 Å². The molecule has 1 aromatic heterocycles. The molecule has 8 heteroatoms. The molecule has 0 bridgehead atoms. The standard InChI is InChI=1S/C20H20ClN5O2/c1-14-22-19(24-28-14)15-5-7-18(8-6-15)25-9-11-26(12-10-25)20(27)23-17-4-2-3-16(21)13-17/h2-8,13H,9-12H2,1H3,(H,23,27). The van der Waals surface area contributed by atoms with Crippen LogP contribution in [0.3, 0.4) is 0 Å². The van der Waals surface area contributed by atoms with Gasteiger partial charge >= 0.3 is 6.03 Å². The summed E-state index contributed by atoms with van der Waals surface area (Å²) < 4.78 is 5.03. The average molecular weight is 398 g/mol. The Kier molecular flexibility index (Phi) is 5.16. The van der Waals surface area contributed by atoms with Crippen molar-refractivity contribution in [2.75, 3.05) is 36.4 Å². The van der Waals surface area contributed by atoms with E-state index in [4.69, 9.17) is 16.1 Å². The molecule has 1 saturated heterocycles. The molecule has 28 heavy (non-hydrogen) atoms. The van der Waals surface area contributed by atoms with E-state index in [1.807, 2.05) is 41.3 Å². The van der Waals surface area contributed by atoms with Crippen LogP contribution in [-0.4, -0.2) is 47.3 Å². The van der Waals surface area contributed by atoms with E-state index in [9.17, 15) is 4.79 Å². The van der Waals surface area contributed by atoms with Crippen LogP contribution in [-0.2, 0) is 0 Å². The largest absolute Gasteiger partial charge is 0.368 e. The SMILES string of the molecule is Cc1nc(-c2ccc(N3CCN(C(=O)Nc4cccc(Cl)c4)CC3)cc2)no1. The maximum absolute atomic E-state index is 12.5. The number of carbonyl (C=O) groups excluding carboxylic acids is 1. The number of nitrogens with zero attached hydrogens (tertiary/aromatic N) is 4. The number of amides is 2. The zero-order chi connectivity index (χ0) is 19.5. The topological polar surface area (TPSA) is 74.5 Å². The Bertz CT molecular complexity index is 965. The lowest BCUT2D eigenvalue weighted by atomic mass is 10.1. The van der Waals surface area contributed by atoms with Crippen molar-refractivity contribution in [1.29, 1.82) is 0 Å². The highest BCUT2D eigenvalue weighted by Gasteiger charge is 2.21. The van der Waals surface area contributed by atoms with Gasteiger partial charge in [-0.15, -0.1) is 0 Å². The number of carbonyl (C=O) groups is 1. The van der Waals surface area contributed by atoms with E-state index in [0.717, 1.165) is 24.3 Å². The predicted octanol–water partition coefficient (Wildman–Crippen LogP) is 4.05. The van der Waals surface area contributed by atoms with Gasteiger partial charge in [-0.3, -0.25) is 0 Å². The molecule has 0 unspecified atom stereocenters. The number of rotatable bonds is 3. The lowest BCUT2D eigenvalue weighted by Crippen LogP contribution is -2.50. The van der Waals surface area contributed by atoms with Crippen LogP contribution in [0.15, 0.2) is 53.1 Å². The molecule has 0 radical (unpaired) electrons. The maximum atomic E-state index is 12.5. The van der Waals surface area contributed by atoms with Crippen LogP contribution in [0.2, 0.25) is 5.02 Å². The Hall–Kier alpha value is -3.06. The summed E-state index contributed by atoms with van der Waals surface area (Å²) >= 11 is 5.97. The molecule has 3 aromatic rings. The molecule has 7 nitrogen and oxygen atoms in total. The molecule has 1 N–H and O–H groups in total. The minimum atomic E-state index is -0.107. The van der Waals surface area contributed by atoms with Gasteiger partial charge in [-0.05, 0) is 42.5 Å². The predicted molar refractivity (Wildman–Crippen MR) is 109 cm³/mol. The Morgan fingerprint density at radius 3 is 2.50 bits per heavy atom. The monoisotopic (exact) mass is 397 g/mol. The molecular formula is C20H20ClN5O2. The number of aryl methyl sites for hydroxylation is 1. The van der Waals surface area contributed by atoms with Crippen molar-refractivity contribution in [3.05, 3.63) is 59.4 Å². The van der Waals surface area contributed by atoms with E-state index >= 15 is 0 Å². The summed E-state index contributed by atoms with van der Waals surface area (Å²) in [6.07, 6.45) is 0. The molecule has 4 rings (SSSR count). The number of hydrogen-bond donors (Lipinski definition) is 1. The molecule has 2 heterocycles. The summed E-state index contributed by atoms with van der Waals surface area (Å²) in [5.41, 5.74) is 2.73. The first-order chi connectivity index (χ1) is 13.6. The van der Waals surface area contributed by atoms with Crippen molar-refractivity contribution in [3.8, 4) is 11.4 Å². The Balaban J connectivity index is 1.34. The second-order valence-corrected chi connectivity index (χ2v) is 7.03. The number of halogens is 1. The molecular weight excluding hydrogens is 378 g/mol. The lowest BCUT2D eigenvalue weighted by molar-refractivity contribution is 0.208. The zero-order valence-electron chi connectivity index (χ0n) is 15.4. The third-order valence-corrected chi connectivity index (χ3v) is 4.90. The van der Waals surface area contributed by atoms with Gasteiger partial charge in [0.25, 0.3) is 0 Å². The molecule has 1 aliphatic heterocycles. The maximum Gasteiger partial charge on any atom is 0.321 e. The van der Waals surface area contributed by atoms with Crippen molar-refractivity contribution in [2.45, 2.75) is 6.92 Å². The van der Waals surface area contributed by atoms with Gasteiger partial charge in [0.05, 0.1) is 0 Å². The third-order valence-electron chi connectivity index (χ3n) is 4.66. The van der Waals surface area contributed by atoms with Gasteiger partial charge in [-0.1, -0.05) is 22.8 Å². The Labute approximate surface area is 167 Å². The minimum Gasteiger partial charge on any atom is -0.368 e. The van der Waals surface area contributed by atoms with E-state index in [1.54, 1.807) is 19.1 Å². The number of nitrogens with one attached hydrogen (secondary N) is 1. The molecule has 1 fully saturated rings. The molecule has 0 aliphatic carbocycles. The highest BCUT2D eigenvalue weighted by molar-refractivity contribution is 6.30. The van der Waals surface area contributed by atoms with Gasteiger partial charge in [0.1, 0.15) is 0 Å². The minimum absolute atomic E-state index is 0.107. The molecule has 2 aromatic carbocycles. The van der Waals surface area contributed by atoms with Crippen LogP contribution >= 0.6 is 11.6 Å². The zero-order valence-corrected chi connectivity index (χ0v) is 16.2. The Morgan fingerprint density at radius 1 is 1.11 bits per heavy atom. The summed E-state index contributed by atoms with van der Waals surface area (Å²) in [6, 6.07) is 15.1. The Morgan fingerprint density at radius 2 is 1.86 bits per heavy atom. The lowest BCUT2D eigenvalue weighted by Gasteiger charge is -2.36. The molecule has 0 spiro atoms. The number of anilines is 2. The molecule has 2 amide bonds. The molecule has 0 saturated carbocycles. The van der Waals surface area contributed by atoms with E-state index < -0.39 is 0 Å².